The molecule has 0 saturated heterocycles. The van der Waals surface area contributed by atoms with Gasteiger partial charge in [-0.05, 0) is 12.5 Å². The highest BCUT2D eigenvalue weighted by atomic mass is 32.1. The number of nitrogens with one attached hydrogen (secondary N) is 1. The molecule has 4 nitrogen and oxygen atoms in total. The predicted molar refractivity (Wildman–Crippen MR) is 55.0 cm³/mol. The summed E-state index contributed by atoms with van der Waals surface area (Å²) in [6.07, 6.45) is 3.67. The van der Waals surface area contributed by atoms with Crippen LogP contribution in [-0.4, -0.2) is 4.98 Å². The maximum absolute atomic E-state index is 5.37. The van der Waals surface area contributed by atoms with E-state index in [4.69, 9.17) is 10.3 Å². The van der Waals surface area contributed by atoms with Gasteiger partial charge in [0.1, 0.15) is 5.76 Å². The van der Waals surface area contributed by atoms with Crippen LogP contribution in [0.4, 0.5) is 5.13 Å². The van der Waals surface area contributed by atoms with Gasteiger partial charge >= 0.3 is 0 Å². The van der Waals surface area contributed by atoms with Crippen LogP contribution in [0.3, 0.4) is 0 Å². The first-order valence-corrected chi connectivity index (χ1v) is 5.23. The molecule has 0 radical (unpaired) electrons. The van der Waals surface area contributed by atoms with Gasteiger partial charge in [-0.3, -0.25) is 5.43 Å². The molecule has 72 valence electrons. The number of fused-ring (bicyclic) bond motifs is 3. The Morgan fingerprint density at radius 2 is 2.43 bits per heavy atom. The molecule has 3 N–H and O–H groups in total. The second kappa shape index (κ2) is 2.83. The van der Waals surface area contributed by atoms with Gasteiger partial charge in [0.05, 0.1) is 12.0 Å². The van der Waals surface area contributed by atoms with E-state index in [0.717, 1.165) is 35.0 Å². The van der Waals surface area contributed by atoms with Crippen molar-refractivity contribution in [3.8, 4) is 11.3 Å². The van der Waals surface area contributed by atoms with Gasteiger partial charge in [0.25, 0.3) is 0 Å². The fourth-order valence-electron chi connectivity index (χ4n) is 1.77. The monoisotopic (exact) mass is 207 g/mol. The summed E-state index contributed by atoms with van der Waals surface area (Å²) in [4.78, 5) is 5.69. The Hall–Kier alpha value is -1.33. The maximum atomic E-state index is 5.37. The van der Waals surface area contributed by atoms with Crippen LogP contribution in [0, 0.1) is 0 Å². The molecule has 0 bridgehead atoms. The van der Waals surface area contributed by atoms with Crippen LogP contribution in [0.25, 0.3) is 11.3 Å². The van der Waals surface area contributed by atoms with E-state index in [0.29, 0.717) is 0 Å². The summed E-state index contributed by atoms with van der Waals surface area (Å²) in [5.74, 6) is 6.37. The van der Waals surface area contributed by atoms with Crippen molar-refractivity contribution < 1.29 is 4.42 Å². The number of nitrogens with zero attached hydrogens (tertiary/aromatic N) is 1. The maximum Gasteiger partial charge on any atom is 0.197 e. The summed E-state index contributed by atoms with van der Waals surface area (Å²) in [5.41, 5.74) is 4.72. The highest BCUT2D eigenvalue weighted by Crippen LogP contribution is 2.38. The zero-order valence-electron chi connectivity index (χ0n) is 7.41. The number of nitrogen functional groups attached to an aromatic ring is 1. The van der Waals surface area contributed by atoms with Crippen LogP contribution in [0.15, 0.2) is 16.7 Å². The molecule has 0 amide bonds. The number of thiazole rings is 1. The fourth-order valence-corrected chi connectivity index (χ4v) is 2.65. The molecule has 0 atom stereocenters. The second-order valence-corrected chi connectivity index (χ2v) is 4.28. The summed E-state index contributed by atoms with van der Waals surface area (Å²) >= 11 is 1.61. The summed E-state index contributed by atoms with van der Waals surface area (Å²) < 4.78 is 5.37. The number of anilines is 1. The van der Waals surface area contributed by atoms with Gasteiger partial charge in [-0.15, -0.1) is 11.3 Å². The molecular formula is C9H9N3OS. The first-order chi connectivity index (χ1) is 6.88. The van der Waals surface area contributed by atoms with Gasteiger partial charge in [0.2, 0.25) is 0 Å². The number of rotatable bonds is 1. The number of hydrogen-bond donors (Lipinski definition) is 2. The molecule has 0 aliphatic heterocycles. The summed E-state index contributed by atoms with van der Waals surface area (Å²) in [6, 6.07) is 1.97. The molecule has 2 aromatic rings. The van der Waals surface area contributed by atoms with E-state index in [-0.39, 0.29) is 0 Å². The number of aromatic nitrogens is 1. The first kappa shape index (κ1) is 8.02. The van der Waals surface area contributed by atoms with Crippen LogP contribution in [0.2, 0.25) is 0 Å². The van der Waals surface area contributed by atoms with Crippen molar-refractivity contribution in [3.63, 3.8) is 0 Å². The molecule has 2 heterocycles. The minimum Gasteiger partial charge on any atom is -0.469 e. The topological polar surface area (TPSA) is 64.1 Å². The Morgan fingerprint density at radius 1 is 1.50 bits per heavy atom. The minimum absolute atomic E-state index is 0.768. The van der Waals surface area contributed by atoms with E-state index in [1.54, 1.807) is 17.6 Å². The fraction of sp³-hybridized carbons (Fsp3) is 0.222. The molecule has 3 rings (SSSR count). The SMILES string of the molecule is NNc1nc2c(s1)CCc1occc1-2. The van der Waals surface area contributed by atoms with Crippen molar-refractivity contribution in [3.05, 3.63) is 23.0 Å². The Labute approximate surface area is 84.7 Å². The van der Waals surface area contributed by atoms with Gasteiger partial charge in [0.15, 0.2) is 5.13 Å². The molecule has 14 heavy (non-hydrogen) atoms. The molecule has 0 aromatic carbocycles. The van der Waals surface area contributed by atoms with Gasteiger partial charge in [-0.1, -0.05) is 0 Å². The van der Waals surface area contributed by atoms with Gasteiger partial charge in [-0.2, -0.15) is 0 Å². The zero-order valence-corrected chi connectivity index (χ0v) is 8.23. The van der Waals surface area contributed by atoms with Crippen molar-refractivity contribution >= 4 is 16.5 Å². The molecular weight excluding hydrogens is 198 g/mol. The average molecular weight is 207 g/mol. The summed E-state index contributed by atoms with van der Waals surface area (Å²) in [5, 5.41) is 0.768. The van der Waals surface area contributed by atoms with Crippen molar-refractivity contribution in [2.45, 2.75) is 12.8 Å². The number of furan rings is 1. The largest absolute Gasteiger partial charge is 0.469 e. The smallest absolute Gasteiger partial charge is 0.197 e. The minimum atomic E-state index is 0.768. The molecule has 1 aliphatic rings. The highest BCUT2D eigenvalue weighted by Gasteiger charge is 2.22. The Kier molecular flexibility index (Phi) is 1.62. The lowest BCUT2D eigenvalue weighted by Crippen LogP contribution is -2.05. The lowest BCUT2D eigenvalue weighted by atomic mass is 10.0. The Bertz CT molecular complexity index is 474. The standard InChI is InChI=1S/C9H9N3OS/c10-12-9-11-8-5-3-4-13-6(5)1-2-7(8)14-9/h3-4H,1-2,10H2,(H,11,12). The van der Waals surface area contributed by atoms with Gasteiger partial charge in [-0.25, -0.2) is 10.8 Å². The summed E-state index contributed by atoms with van der Waals surface area (Å²) in [6.45, 7) is 0. The highest BCUT2D eigenvalue weighted by molar-refractivity contribution is 7.16. The molecule has 0 saturated carbocycles. The summed E-state index contributed by atoms with van der Waals surface area (Å²) in [7, 11) is 0. The third-order valence-corrected chi connectivity index (χ3v) is 3.45. The third kappa shape index (κ3) is 0.995. The van der Waals surface area contributed by atoms with Crippen molar-refractivity contribution in [1.29, 1.82) is 0 Å². The van der Waals surface area contributed by atoms with Crippen LogP contribution >= 0.6 is 11.3 Å². The number of hydrogen-bond acceptors (Lipinski definition) is 5. The lowest BCUT2D eigenvalue weighted by molar-refractivity contribution is 0.508. The molecule has 5 heteroatoms. The molecule has 1 aliphatic carbocycles. The number of aryl methyl sites for hydroxylation is 2. The number of nitrogens with two attached hydrogens (primary N) is 1. The Balaban J connectivity index is 2.20. The van der Waals surface area contributed by atoms with Crippen molar-refractivity contribution in [1.82, 2.24) is 4.98 Å². The van der Waals surface area contributed by atoms with Crippen molar-refractivity contribution in [2.75, 3.05) is 5.43 Å². The third-order valence-electron chi connectivity index (χ3n) is 2.40. The van der Waals surface area contributed by atoms with Gasteiger partial charge in [0, 0.05) is 16.9 Å². The van der Waals surface area contributed by atoms with Crippen LogP contribution in [-0.2, 0) is 12.8 Å². The Morgan fingerprint density at radius 3 is 3.29 bits per heavy atom. The normalized spacial score (nSPS) is 13.5. The van der Waals surface area contributed by atoms with Crippen LogP contribution in [0.1, 0.15) is 10.6 Å². The molecule has 0 spiro atoms. The van der Waals surface area contributed by atoms with Gasteiger partial charge < -0.3 is 4.42 Å². The molecule has 2 aromatic heterocycles. The first-order valence-electron chi connectivity index (χ1n) is 4.41. The van der Waals surface area contributed by atoms with E-state index >= 15 is 0 Å². The van der Waals surface area contributed by atoms with E-state index < -0.39 is 0 Å². The van der Waals surface area contributed by atoms with E-state index in [1.807, 2.05) is 6.07 Å². The predicted octanol–water partition coefficient (Wildman–Crippen LogP) is 1.79. The van der Waals surface area contributed by atoms with E-state index in [1.165, 1.54) is 4.88 Å². The van der Waals surface area contributed by atoms with E-state index in [2.05, 4.69) is 10.4 Å². The zero-order chi connectivity index (χ0) is 9.54. The van der Waals surface area contributed by atoms with E-state index in [9.17, 15) is 0 Å². The number of hydrazine groups is 1. The van der Waals surface area contributed by atoms with Crippen LogP contribution in [0.5, 0.6) is 0 Å². The second-order valence-electron chi connectivity index (χ2n) is 3.19. The lowest BCUT2D eigenvalue weighted by Gasteiger charge is -2.07. The van der Waals surface area contributed by atoms with Crippen LogP contribution < -0.4 is 11.3 Å². The quantitative estimate of drug-likeness (QED) is 0.552. The van der Waals surface area contributed by atoms with Crippen molar-refractivity contribution in [2.24, 2.45) is 5.84 Å². The molecule has 0 unspecified atom stereocenters. The molecule has 0 fully saturated rings. The average Bonchev–Trinajstić information content (AvgIpc) is 2.82.